The van der Waals surface area contributed by atoms with Gasteiger partial charge in [0.05, 0.1) is 19.6 Å². The Labute approximate surface area is 144 Å². The van der Waals surface area contributed by atoms with Gasteiger partial charge in [0.25, 0.3) is 0 Å². The van der Waals surface area contributed by atoms with E-state index >= 15 is 0 Å². The second-order valence-corrected chi connectivity index (χ2v) is 5.60. The van der Waals surface area contributed by atoms with Crippen LogP contribution in [0.25, 0.3) is 0 Å². The molecule has 5 nitrogen and oxygen atoms in total. The van der Waals surface area contributed by atoms with Crippen molar-refractivity contribution in [3.8, 4) is 17.6 Å². The fourth-order valence-electron chi connectivity index (χ4n) is 2.09. The topological polar surface area (TPSA) is 62.6 Å². The fraction of sp³-hybridized carbons (Fsp3) is 0.529. The van der Waals surface area contributed by atoms with Crippen molar-refractivity contribution in [2.24, 2.45) is 0 Å². The van der Waals surface area contributed by atoms with Crippen molar-refractivity contribution < 1.29 is 27.4 Å². The molecule has 0 bridgehead atoms. The van der Waals surface area contributed by atoms with Crippen molar-refractivity contribution in [2.75, 3.05) is 20.8 Å². The van der Waals surface area contributed by atoms with Gasteiger partial charge in [0.1, 0.15) is 0 Å². The summed E-state index contributed by atoms with van der Waals surface area (Å²) in [5.74, 6) is 0.0641. The van der Waals surface area contributed by atoms with Crippen molar-refractivity contribution in [2.45, 2.75) is 38.4 Å². The number of carbonyl (C=O) groups is 1. The van der Waals surface area contributed by atoms with E-state index in [-0.39, 0.29) is 36.3 Å². The smallest absolute Gasteiger partial charge is 0.422 e. The van der Waals surface area contributed by atoms with Gasteiger partial charge in [-0.05, 0) is 31.0 Å². The average Bonchev–Trinajstić information content (AvgIpc) is 2.56. The normalized spacial score (nSPS) is 12.2. The lowest BCUT2D eigenvalue weighted by Crippen LogP contribution is -2.34. The SMILES string of the molecule is COc1cc(CCC(=O)N(C)C(C)CC#N)ccc1OCC(F)(F)F. The molecule has 1 aromatic rings. The summed E-state index contributed by atoms with van der Waals surface area (Å²) in [5.41, 5.74) is 0.742. The number of nitriles is 1. The van der Waals surface area contributed by atoms with Crippen molar-refractivity contribution in [3.05, 3.63) is 23.8 Å². The van der Waals surface area contributed by atoms with E-state index < -0.39 is 12.8 Å². The second-order valence-electron chi connectivity index (χ2n) is 5.60. The Morgan fingerprint density at radius 1 is 1.36 bits per heavy atom. The van der Waals surface area contributed by atoms with Gasteiger partial charge in [0.15, 0.2) is 18.1 Å². The zero-order valence-electron chi connectivity index (χ0n) is 14.4. The molecule has 0 heterocycles. The van der Waals surface area contributed by atoms with Crippen LogP contribution in [0.1, 0.15) is 25.3 Å². The van der Waals surface area contributed by atoms with Crippen molar-refractivity contribution in [1.82, 2.24) is 4.90 Å². The molecule has 138 valence electrons. The number of alkyl halides is 3. The van der Waals surface area contributed by atoms with Gasteiger partial charge in [0.2, 0.25) is 5.91 Å². The Balaban J connectivity index is 2.68. The molecule has 1 atom stereocenters. The largest absolute Gasteiger partial charge is 0.493 e. The van der Waals surface area contributed by atoms with Crippen LogP contribution in [0.3, 0.4) is 0 Å². The highest BCUT2D eigenvalue weighted by Gasteiger charge is 2.29. The predicted octanol–water partition coefficient (Wildman–Crippen LogP) is 3.33. The van der Waals surface area contributed by atoms with Crippen LogP contribution >= 0.6 is 0 Å². The highest BCUT2D eigenvalue weighted by Crippen LogP contribution is 2.30. The van der Waals surface area contributed by atoms with E-state index in [1.54, 1.807) is 26.1 Å². The Hall–Kier alpha value is -2.43. The third-order valence-electron chi connectivity index (χ3n) is 3.69. The van der Waals surface area contributed by atoms with E-state index in [0.717, 1.165) is 5.56 Å². The monoisotopic (exact) mass is 358 g/mol. The first-order valence-corrected chi connectivity index (χ1v) is 7.67. The average molecular weight is 358 g/mol. The first-order chi connectivity index (χ1) is 11.7. The van der Waals surface area contributed by atoms with Crippen LogP contribution in [0.5, 0.6) is 11.5 Å². The van der Waals surface area contributed by atoms with Gasteiger partial charge in [-0.2, -0.15) is 18.4 Å². The maximum absolute atomic E-state index is 12.2. The van der Waals surface area contributed by atoms with Crippen molar-refractivity contribution >= 4 is 5.91 Å². The lowest BCUT2D eigenvalue weighted by Gasteiger charge is -2.23. The molecule has 0 radical (unpaired) electrons. The second kappa shape index (κ2) is 9.16. The molecule has 1 aromatic carbocycles. The number of nitrogens with zero attached hydrogens (tertiary/aromatic N) is 2. The Kier molecular flexibility index (Phi) is 7.55. The minimum atomic E-state index is -4.43. The first-order valence-electron chi connectivity index (χ1n) is 7.67. The number of hydrogen-bond donors (Lipinski definition) is 0. The van der Waals surface area contributed by atoms with Crippen LogP contribution in [-0.2, 0) is 11.2 Å². The van der Waals surface area contributed by atoms with Crippen LogP contribution in [-0.4, -0.2) is 43.8 Å². The number of amides is 1. The van der Waals surface area contributed by atoms with E-state index in [2.05, 4.69) is 0 Å². The molecule has 25 heavy (non-hydrogen) atoms. The third-order valence-corrected chi connectivity index (χ3v) is 3.69. The predicted molar refractivity (Wildman–Crippen MR) is 85.3 cm³/mol. The summed E-state index contributed by atoms with van der Waals surface area (Å²) in [4.78, 5) is 13.6. The van der Waals surface area contributed by atoms with Gasteiger partial charge in [-0.1, -0.05) is 6.07 Å². The lowest BCUT2D eigenvalue weighted by molar-refractivity contribution is -0.153. The van der Waals surface area contributed by atoms with E-state index in [1.165, 1.54) is 18.1 Å². The minimum Gasteiger partial charge on any atom is -0.493 e. The highest BCUT2D eigenvalue weighted by molar-refractivity contribution is 5.76. The molecule has 0 saturated heterocycles. The van der Waals surface area contributed by atoms with Crippen LogP contribution in [0.4, 0.5) is 13.2 Å². The van der Waals surface area contributed by atoms with Gasteiger partial charge in [-0.25, -0.2) is 0 Å². The molecule has 0 N–H and O–H groups in total. The number of hydrogen-bond acceptors (Lipinski definition) is 4. The molecule has 1 unspecified atom stereocenters. The summed E-state index contributed by atoms with van der Waals surface area (Å²) in [5, 5.41) is 8.67. The molecule has 8 heteroatoms. The number of aryl methyl sites for hydroxylation is 1. The van der Waals surface area contributed by atoms with Crippen molar-refractivity contribution in [1.29, 1.82) is 5.26 Å². The number of rotatable bonds is 8. The summed E-state index contributed by atoms with van der Waals surface area (Å²) in [6, 6.07) is 6.39. The molecule has 0 aliphatic carbocycles. The molecule has 0 aliphatic heterocycles. The fourth-order valence-corrected chi connectivity index (χ4v) is 2.09. The van der Waals surface area contributed by atoms with E-state index in [4.69, 9.17) is 14.7 Å². The quantitative estimate of drug-likeness (QED) is 0.715. The van der Waals surface area contributed by atoms with Crippen LogP contribution in [0, 0.1) is 11.3 Å². The third kappa shape index (κ3) is 6.91. The standard InChI is InChI=1S/C17H21F3N2O3/c1-12(8-9-21)22(2)16(23)7-5-13-4-6-14(15(10-13)24-3)25-11-17(18,19)20/h4,6,10,12H,5,7-8,11H2,1-3H3. The van der Waals surface area contributed by atoms with Crippen LogP contribution in [0.2, 0.25) is 0 Å². The number of methoxy groups -OCH3 is 1. The Morgan fingerprint density at radius 2 is 2.04 bits per heavy atom. The molecular formula is C17H21F3N2O3. The molecule has 0 saturated carbocycles. The van der Waals surface area contributed by atoms with Gasteiger partial charge in [0, 0.05) is 19.5 Å². The highest BCUT2D eigenvalue weighted by atomic mass is 19.4. The summed E-state index contributed by atoms with van der Waals surface area (Å²) in [6.07, 6.45) is -3.56. The maximum atomic E-state index is 12.2. The number of benzene rings is 1. The minimum absolute atomic E-state index is 0.00494. The van der Waals surface area contributed by atoms with Crippen LogP contribution < -0.4 is 9.47 Å². The Bertz CT molecular complexity index is 627. The Morgan fingerprint density at radius 3 is 2.60 bits per heavy atom. The van der Waals surface area contributed by atoms with Gasteiger partial charge in [-0.15, -0.1) is 0 Å². The molecular weight excluding hydrogens is 337 g/mol. The summed E-state index contributed by atoms with van der Waals surface area (Å²) >= 11 is 0. The molecule has 1 rings (SSSR count). The number of carbonyl (C=O) groups excluding carboxylic acids is 1. The zero-order chi connectivity index (χ0) is 19.0. The lowest BCUT2D eigenvalue weighted by atomic mass is 10.1. The van der Waals surface area contributed by atoms with Gasteiger partial charge >= 0.3 is 6.18 Å². The first kappa shape index (κ1) is 20.6. The molecule has 0 fully saturated rings. The molecule has 1 amide bonds. The van der Waals surface area contributed by atoms with E-state index in [0.29, 0.717) is 6.42 Å². The van der Waals surface area contributed by atoms with E-state index in [1.807, 2.05) is 6.07 Å². The van der Waals surface area contributed by atoms with Gasteiger partial charge in [-0.3, -0.25) is 4.79 Å². The number of halogens is 3. The van der Waals surface area contributed by atoms with Crippen LogP contribution in [0.15, 0.2) is 18.2 Å². The van der Waals surface area contributed by atoms with E-state index in [9.17, 15) is 18.0 Å². The zero-order valence-corrected chi connectivity index (χ0v) is 14.4. The molecule has 0 aliphatic rings. The number of ether oxygens (including phenoxy) is 2. The summed E-state index contributed by atoms with van der Waals surface area (Å²) < 4.78 is 46.5. The summed E-state index contributed by atoms with van der Waals surface area (Å²) in [6.45, 7) is 0.389. The molecule has 0 aromatic heterocycles. The maximum Gasteiger partial charge on any atom is 0.422 e. The van der Waals surface area contributed by atoms with Crippen molar-refractivity contribution in [3.63, 3.8) is 0 Å². The summed E-state index contributed by atoms with van der Waals surface area (Å²) in [7, 11) is 2.97. The van der Waals surface area contributed by atoms with Gasteiger partial charge < -0.3 is 14.4 Å². The molecule has 0 spiro atoms.